The standard InChI is InChI=1S/C15H21NO3S/c1-15(2,3)9-11-20(18,19)16-10-8-14(17)12-6-4-5-7-13(12)16/h4-7H,8-11H2,1-3H3. The van der Waals surface area contributed by atoms with Gasteiger partial charge in [-0.1, -0.05) is 32.9 Å². The summed E-state index contributed by atoms with van der Waals surface area (Å²) in [6, 6.07) is 6.94. The number of ketones is 1. The summed E-state index contributed by atoms with van der Waals surface area (Å²) in [5, 5.41) is 0. The molecule has 110 valence electrons. The molecule has 0 atom stereocenters. The minimum Gasteiger partial charge on any atom is -0.294 e. The average Bonchev–Trinajstić information content (AvgIpc) is 2.36. The number of sulfonamides is 1. The molecule has 0 aromatic heterocycles. The van der Waals surface area contributed by atoms with E-state index < -0.39 is 10.0 Å². The summed E-state index contributed by atoms with van der Waals surface area (Å²) >= 11 is 0. The highest BCUT2D eigenvalue weighted by atomic mass is 32.2. The Balaban J connectivity index is 2.30. The first-order valence-corrected chi connectivity index (χ1v) is 8.44. The number of anilines is 1. The molecule has 0 saturated heterocycles. The Morgan fingerprint density at radius 3 is 2.50 bits per heavy atom. The number of benzene rings is 1. The predicted molar refractivity (Wildman–Crippen MR) is 80.6 cm³/mol. The van der Waals surface area contributed by atoms with Crippen molar-refractivity contribution in [1.29, 1.82) is 0 Å². The maximum absolute atomic E-state index is 12.5. The van der Waals surface area contributed by atoms with Crippen molar-refractivity contribution in [3.05, 3.63) is 29.8 Å². The summed E-state index contributed by atoms with van der Waals surface area (Å²) < 4.78 is 26.4. The van der Waals surface area contributed by atoms with Crippen LogP contribution in [0.4, 0.5) is 5.69 Å². The van der Waals surface area contributed by atoms with Gasteiger partial charge in [-0.2, -0.15) is 0 Å². The van der Waals surface area contributed by atoms with Crippen LogP contribution in [-0.4, -0.2) is 26.5 Å². The first-order valence-electron chi connectivity index (χ1n) is 6.83. The Bertz CT molecular complexity index is 614. The smallest absolute Gasteiger partial charge is 0.235 e. The van der Waals surface area contributed by atoms with Crippen molar-refractivity contribution in [2.75, 3.05) is 16.6 Å². The van der Waals surface area contributed by atoms with Crippen molar-refractivity contribution < 1.29 is 13.2 Å². The molecule has 0 spiro atoms. The van der Waals surface area contributed by atoms with Crippen LogP contribution in [-0.2, 0) is 10.0 Å². The molecule has 0 unspecified atom stereocenters. The fraction of sp³-hybridized carbons (Fsp3) is 0.533. The largest absolute Gasteiger partial charge is 0.294 e. The van der Waals surface area contributed by atoms with E-state index in [0.717, 1.165) is 0 Å². The zero-order chi connectivity index (χ0) is 15.0. The lowest BCUT2D eigenvalue weighted by Crippen LogP contribution is -2.39. The highest BCUT2D eigenvalue weighted by Gasteiger charge is 2.31. The summed E-state index contributed by atoms with van der Waals surface area (Å²) in [5.41, 5.74) is 1.01. The van der Waals surface area contributed by atoms with Crippen molar-refractivity contribution in [2.24, 2.45) is 5.41 Å². The van der Waals surface area contributed by atoms with Gasteiger partial charge in [0, 0.05) is 18.5 Å². The summed E-state index contributed by atoms with van der Waals surface area (Å²) in [4.78, 5) is 11.9. The molecule has 20 heavy (non-hydrogen) atoms. The van der Waals surface area contributed by atoms with Crippen molar-refractivity contribution in [3.63, 3.8) is 0 Å². The van der Waals surface area contributed by atoms with Crippen LogP contribution in [0.2, 0.25) is 0 Å². The Morgan fingerprint density at radius 2 is 1.85 bits per heavy atom. The number of para-hydroxylation sites is 1. The maximum atomic E-state index is 12.5. The highest BCUT2D eigenvalue weighted by molar-refractivity contribution is 7.92. The predicted octanol–water partition coefficient (Wildman–Crippen LogP) is 2.85. The van der Waals surface area contributed by atoms with E-state index in [1.54, 1.807) is 24.3 Å². The SMILES string of the molecule is CC(C)(C)CCS(=O)(=O)N1CCC(=O)c2ccccc21. The minimum atomic E-state index is -3.37. The van der Waals surface area contributed by atoms with Crippen LogP contribution in [0, 0.1) is 5.41 Å². The molecule has 0 fully saturated rings. The lowest BCUT2D eigenvalue weighted by Gasteiger charge is -2.30. The van der Waals surface area contributed by atoms with Crippen LogP contribution in [0.15, 0.2) is 24.3 Å². The molecule has 0 bridgehead atoms. The van der Waals surface area contributed by atoms with Gasteiger partial charge in [-0.15, -0.1) is 0 Å². The molecule has 1 aliphatic heterocycles. The Morgan fingerprint density at radius 1 is 1.20 bits per heavy atom. The third-order valence-electron chi connectivity index (χ3n) is 3.46. The number of carbonyl (C=O) groups is 1. The van der Waals surface area contributed by atoms with Crippen LogP contribution >= 0.6 is 0 Å². The van der Waals surface area contributed by atoms with E-state index >= 15 is 0 Å². The fourth-order valence-electron chi connectivity index (χ4n) is 2.22. The van der Waals surface area contributed by atoms with Gasteiger partial charge < -0.3 is 0 Å². The summed E-state index contributed by atoms with van der Waals surface area (Å²) in [6.45, 7) is 6.32. The van der Waals surface area contributed by atoms with E-state index in [1.165, 1.54) is 4.31 Å². The Hall–Kier alpha value is -1.36. The van der Waals surface area contributed by atoms with Gasteiger partial charge in [0.15, 0.2) is 5.78 Å². The van der Waals surface area contributed by atoms with Crippen molar-refractivity contribution in [1.82, 2.24) is 0 Å². The molecule has 1 aromatic rings. The van der Waals surface area contributed by atoms with E-state index in [4.69, 9.17) is 0 Å². The quantitative estimate of drug-likeness (QED) is 0.861. The van der Waals surface area contributed by atoms with Crippen LogP contribution in [0.25, 0.3) is 0 Å². The van der Waals surface area contributed by atoms with Crippen molar-refractivity contribution in [2.45, 2.75) is 33.6 Å². The normalized spacial score (nSPS) is 16.1. The average molecular weight is 295 g/mol. The lowest BCUT2D eigenvalue weighted by atomic mass is 9.94. The first-order chi connectivity index (χ1) is 9.21. The van der Waals surface area contributed by atoms with E-state index in [-0.39, 0.29) is 29.9 Å². The van der Waals surface area contributed by atoms with Gasteiger partial charge in [-0.3, -0.25) is 9.10 Å². The van der Waals surface area contributed by atoms with Gasteiger partial charge in [0.1, 0.15) is 0 Å². The topological polar surface area (TPSA) is 54.5 Å². The Kier molecular flexibility index (Phi) is 3.91. The molecule has 1 heterocycles. The first kappa shape index (κ1) is 15.0. The fourth-order valence-corrected chi connectivity index (χ4v) is 4.14. The number of hydrogen-bond donors (Lipinski definition) is 0. The van der Waals surface area contributed by atoms with Crippen molar-refractivity contribution >= 4 is 21.5 Å². The number of nitrogens with zero attached hydrogens (tertiary/aromatic N) is 1. The van der Waals surface area contributed by atoms with Crippen LogP contribution in [0.3, 0.4) is 0 Å². The summed E-state index contributed by atoms with van der Waals surface area (Å²) in [5.74, 6) is 0.127. The minimum absolute atomic E-state index is 0.0165. The van der Waals surface area contributed by atoms with Gasteiger partial charge >= 0.3 is 0 Å². The molecule has 0 radical (unpaired) electrons. The molecular formula is C15H21NO3S. The number of Topliss-reactive ketones (excluding diaryl/α,β-unsaturated/α-hetero) is 1. The molecular weight excluding hydrogens is 274 g/mol. The van der Waals surface area contributed by atoms with E-state index in [9.17, 15) is 13.2 Å². The zero-order valence-electron chi connectivity index (χ0n) is 12.2. The highest BCUT2D eigenvalue weighted by Crippen LogP contribution is 2.30. The molecule has 1 aromatic carbocycles. The number of carbonyl (C=O) groups excluding carboxylic acids is 1. The maximum Gasteiger partial charge on any atom is 0.235 e. The molecule has 0 N–H and O–H groups in total. The monoisotopic (exact) mass is 295 g/mol. The molecule has 1 aliphatic rings. The van der Waals surface area contributed by atoms with Crippen LogP contribution < -0.4 is 4.31 Å². The lowest BCUT2D eigenvalue weighted by molar-refractivity contribution is 0.0982. The second-order valence-corrected chi connectivity index (χ2v) is 8.40. The number of hydrogen-bond acceptors (Lipinski definition) is 3. The third-order valence-corrected chi connectivity index (χ3v) is 5.23. The third kappa shape index (κ3) is 3.20. The van der Waals surface area contributed by atoms with Crippen LogP contribution in [0.1, 0.15) is 44.0 Å². The number of rotatable bonds is 3. The van der Waals surface area contributed by atoms with Gasteiger partial charge in [0.2, 0.25) is 10.0 Å². The van der Waals surface area contributed by atoms with E-state index in [2.05, 4.69) is 0 Å². The van der Waals surface area contributed by atoms with E-state index in [1.807, 2.05) is 20.8 Å². The molecule has 0 saturated carbocycles. The molecule has 0 aliphatic carbocycles. The second-order valence-electron chi connectivity index (χ2n) is 6.39. The molecule has 0 amide bonds. The van der Waals surface area contributed by atoms with E-state index in [0.29, 0.717) is 17.7 Å². The molecule has 2 rings (SSSR count). The molecule has 4 nitrogen and oxygen atoms in total. The van der Waals surface area contributed by atoms with Gasteiger partial charge in [0.25, 0.3) is 0 Å². The summed E-state index contributed by atoms with van der Waals surface area (Å²) in [7, 11) is -3.37. The van der Waals surface area contributed by atoms with Crippen LogP contribution in [0.5, 0.6) is 0 Å². The van der Waals surface area contributed by atoms with Gasteiger partial charge in [-0.25, -0.2) is 8.42 Å². The molecule has 5 heteroatoms. The summed E-state index contributed by atoms with van der Waals surface area (Å²) in [6.07, 6.45) is 0.855. The number of fused-ring (bicyclic) bond motifs is 1. The van der Waals surface area contributed by atoms with Crippen molar-refractivity contribution in [3.8, 4) is 0 Å². The zero-order valence-corrected chi connectivity index (χ0v) is 13.0. The second kappa shape index (κ2) is 5.20. The van der Waals surface area contributed by atoms with Gasteiger partial charge in [-0.05, 0) is 24.0 Å². The Labute approximate surface area is 120 Å². The van der Waals surface area contributed by atoms with Gasteiger partial charge in [0.05, 0.1) is 11.4 Å².